The molecule has 0 saturated heterocycles. The molecule has 1 aliphatic heterocycles. The molecule has 0 bridgehead atoms. The van der Waals surface area contributed by atoms with Crippen LogP contribution in [-0.4, -0.2) is 5.91 Å². The van der Waals surface area contributed by atoms with E-state index in [2.05, 4.69) is 5.32 Å². The van der Waals surface area contributed by atoms with Gasteiger partial charge in [0.05, 0.1) is 29.5 Å². The van der Waals surface area contributed by atoms with E-state index in [-0.39, 0.29) is 23.6 Å². The SMILES string of the molecule is N#CC1=C(C(C#N)C#N)NC(=O)CC1c1ccccc1. The Labute approximate surface area is 116 Å². The summed E-state index contributed by atoms with van der Waals surface area (Å²) in [6.07, 6.45) is 0.139. The van der Waals surface area contributed by atoms with Crippen LogP contribution in [0.25, 0.3) is 0 Å². The number of carbonyl (C=O) groups is 1. The molecule has 2 rings (SSSR count). The quantitative estimate of drug-likeness (QED) is 0.876. The Bertz CT molecular complexity index is 671. The van der Waals surface area contributed by atoms with E-state index in [1.807, 2.05) is 36.4 Å². The van der Waals surface area contributed by atoms with Gasteiger partial charge in [-0.15, -0.1) is 0 Å². The van der Waals surface area contributed by atoms with Crippen LogP contribution in [0.2, 0.25) is 0 Å². The number of amides is 1. The molecule has 0 aliphatic carbocycles. The first kappa shape index (κ1) is 13.3. The van der Waals surface area contributed by atoms with Crippen LogP contribution in [0, 0.1) is 39.9 Å². The second kappa shape index (κ2) is 5.69. The number of rotatable bonds is 2. The lowest BCUT2D eigenvalue weighted by molar-refractivity contribution is -0.121. The highest BCUT2D eigenvalue weighted by atomic mass is 16.1. The largest absolute Gasteiger partial charge is 0.327 e. The number of allylic oxidation sites excluding steroid dienone is 2. The van der Waals surface area contributed by atoms with Crippen molar-refractivity contribution < 1.29 is 4.79 Å². The van der Waals surface area contributed by atoms with E-state index in [1.54, 1.807) is 12.1 Å². The van der Waals surface area contributed by atoms with Gasteiger partial charge in [-0.05, 0) is 5.56 Å². The van der Waals surface area contributed by atoms with E-state index < -0.39 is 11.8 Å². The van der Waals surface area contributed by atoms with Crippen LogP contribution in [0.1, 0.15) is 17.9 Å². The Balaban J connectivity index is 2.56. The number of nitriles is 3. The maximum absolute atomic E-state index is 11.8. The zero-order chi connectivity index (χ0) is 14.5. The molecular formula is C15H10N4O. The first-order chi connectivity index (χ1) is 9.71. The molecule has 5 nitrogen and oxygen atoms in total. The normalized spacial score (nSPS) is 17.9. The monoisotopic (exact) mass is 262 g/mol. The molecule has 0 saturated carbocycles. The molecule has 1 aromatic rings. The highest BCUT2D eigenvalue weighted by Gasteiger charge is 2.32. The van der Waals surface area contributed by atoms with E-state index in [9.17, 15) is 10.1 Å². The molecule has 0 fully saturated rings. The van der Waals surface area contributed by atoms with Gasteiger partial charge in [-0.1, -0.05) is 30.3 Å². The van der Waals surface area contributed by atoms with E-state index in [4.69, 9.17) is 10.5 Å². The van der Waals surface area contributed by atoms with Gasteiger partial charge < -0.3 is 5.32 Å². The van der Waals surface area contributed by atoms with Crippen molar-refractivity contribution in [2.75, 3.05) is 0 Å². The minimum absolute atomic E-state index is 0.114. The number of nitrogens with zero attached hydrogens (tertiary/aromatic N) is 3. The van der Waals surface area contributed by atoms with Crippen LogP contribution in [0.4, 0.5) is 0 Å². The molecule has 20 heavy (non-hydrogen) atoms. The first-order valence-electron chi connectivity index (χ1n) is 5.99. The van der Waals surface area contributed by atoms with E-state index in [1.165, 1.54) is 0 Å². The van der Waals surface area contributed by atoms with Crippen molar-refractivity contribution in [1.29, 1.82) is 15.8 Å². The van der Waals surface area contributed by atoms with E-state index in [0.29, 0.717) is 0 Å². The molecule has 1 atom stereocenters. The summed E-state index contributed by atoms with van der Waals surface area (Å²) < 4.78 is 0. The van der Waals surface area contributed by atoms with Crippen molar-refractivity contribution in [1.82, 2.24) is 5.32 Å². The topological polar surface area (TPSA) is 100 Å². The van der Waals surface area contributed by atoms with Gasteiger partial charge >= 0.3 is 0 Å². The lowest BCUT2D eigenvalue weighted by Gasteiger charge is -2.25. The number of hydrogen-bond donors (Lipinski definition) is 1. The average molecular weight is 262 g/mol. The Kier molecular flexibility index (Phi) is 3.80. The van der Waals surface area contributed by atoms with Crippen LogP contribution in [0.5, 0.6) is 0 Å². The Hall–Kier alpha value is -3.10. The summed E-state index contributed by atoms with van der Waals surface area (Å²) in [5.74, 6) is -1.84. The van der Waals surface area contributed by atoms with Crippen molar-refractivity contribution in [2.24, 2.45) is 5.92 Å². The summed E-state index contributed by atoms with van der Waals surface area (Å²) in [6, 6.07) is 14.8. The molecule has 5 heteroatoms. The molecule has 1 heterocycles. The highest BCUT2D eigenvalue weighted by molar-refractivity contribution is 5.82. The third-order valence-corrected chi connectivity index (χ3v) is 3.17. The lowest BCUT2D eigenvalue weighted by Crippen LogP contribution is -2.34. The van der Waals surface area contributed by atoms with Crippen LogP contribution in [0.3, 0.4) is 0 Å². The van der Waals surface area contributed by atoms with Crippen LogP contribution in [0.15, 0.2) is 41.6 Å². The van der Waals surface area contributed by atoms with E-state index >= 15 is 0 Å². The van der Waals surface area contributed by atoms with Crippen molar-refractivity contribution in [3.8, 4) is 18.2 Å². The van der Waals surface area contributed by atoms with Crippen molar-refractivity contribution >= 4 is 5.91 Å². The summed E-state index contributed by atoms with van der Waals surface area (Å²) in [5, 5.41) is 29.8. The lowest BCUT2D eigenvalue weighted by atomic mass is 9.83. The van der Waals surface area contributed by atoms with Crippen molar-refractivity contribution in [3.63, 3.8) is 0 Å². The van der Waals surface area contributed by atoms with Gasteiger partial charge in [-0.25, -0.2) is 0 Å². The second-order valence-corrected chi connectivity index (χ2v) is 4.35. The Morgan fingerprint density at radius 3 is 2.35 bits per heavy atom. The molecule has 1 N–H and O–H groups in total. The standard InChI is InChI=1S/C15H10N4O/c16-7-11(8-17)15-13(9-18)12(6-14(20)19-15)10-4-2-1-3-5-10/h1-5,11-12H,6H2,(H,19,20). The molecule has 96 valence electrons. The average Bonchev–Trinajstić information content (AvgIpc) is 2.49. The summed E-state index contributed by atoms with van der Waals surface area (Å²) in [6.45, 7) is 0. The predicted octanol–water partition coefficient (Wildman–Crippen LogP) is 1.73. The fourth-order valence-electron chi connectivity index (χ4n) is 2.24. The molecule has 1 aromatic carbocycles. The minimum Gasteiger partial charge on any atom is -0.327 e. The number of nitrogens with one attached hydrogen (secondary N) is 1. The van der Waals surface area contributed by atoms with Crippen LogP contribution in [-0.2, 0) is 4.79 Å². The molecule has 1 amide bonds. The third kappa shape index (κ3) is 2.36. The predicted molar refractivity (Wildman–Crippen MR) is 69.3 cm³/mol. The summed E-state index contributed by atoms with van der Waals surface area (Å²) in [7, 11) is 0. The smallest absolute Gasteiger partial charge is 0.225 e. The van der Waals surface area contributed by atoms with Crippen molar-refractivity contribution in [3.05, 3.63) is 47.2 Å². The number of carbonyl (C=O) groups excluding carboxylic acids is 1. The molecule has 0 aromatic heterocycles. The minimum atomic E-state index is -1.14. The van der Waals surface area contributed by atoms with Crippen molar-refractivity contribution in [2.45, 2.75) is 12.3 Å². The summed E-state index contributed by atoms with van der Waals surface area (Å²) >= 11 is 0. The molecule has 0 spiro atoms. The zero-order valence-corrected chi connectivity index (χ0v) is 10.5. The van der Waals surface area contributed by atoms with Crippen LogP contribution < -0.4 is 5.32 Å². The fraction of sp³-hybridized carbons (Fsp3) is 0.200. The van der Waals surface area contributed by atoms with Crippen LogP contribution >= 0.6 is 0 Å². The van der Waals surface area contributed by atoms with Gasteiger partial charge in [0.1, 0.15) is 0 Å². The highest BCUT2D eigenvalue weighted by Crippen LogP contribution is 2.34. The maximum Gasteiger partial charge on any atom is 0.225 e. The third-order valence-electron chi connectivity index (χ3n) is 3.17. The molecule has 0 radical (unpaired) electrons. The van der Waals surface area contributed by atoms with Gasteiger partial charge in [-0.2, -0.15) is 15.8 Å². The maximum atomic E-state index is 11.8. The Morgan fingerprint density at radius 1 is 1.15 bits per heavy atom. The number of hydrogen-bond acceptors (Lipinski definition) is 4. The molecule has 1 unspecified atom stereocenters. The molecular weight excluding hydrogens is 252 g/mol. The zero-order valence-electron chi connectivity index (χ0n) is 10.5. The van der Waals surface area contributed by atoms with Gasteiger partial charge in [0.15, 0.2) is 5.92 Å². The van der Waals surface area contributed by atoms with Gasteiger partial charge in [0.25, 0.3) is 0 Å². The number of benzene rings is 1. The molecule has 1 aliphatic rings. The van der Waals surface area contributed by atoms with Gasteiger partial charge in [0.2, 0.25) is 5.91 Å². The fourth-order valence-corrected chi connectivity index (χ4v) is 2.24. The first-order valence-corrected chi connectivity index (χ1v) is 5.99. The van der Waals surface area contributed by atoms with Gasteiger partial charge in [0, 0.05) is 12.3 Å². The summed E-state index contributed by atoms with van der Waals surface area (Å²) in [5.41, 5.74) is 1.22. The summed E-state index contributed by atoms with van der Waals surface area (Å²) in [4.78, 5) is 11.8. The Morgan fingerprint density at radius 2 is 1.80 bits per heavy atom. The second-order valence-electron chi connectivity index (χ2n) is 4.35. The van der Waals surface area contributed by atoms with E-state index in [0.717, 1.165) is 5.56 Å². The van der Waals surface area contributed by atoms with Gasteiger partial charge in [-0.3, -0.25) is 4.79 Å².